The minimum absolute atomic E-state index is 0.0104. The highest BCUT2D eigenvalue weighted by molar-refractivity contribution is 4.52. The molecule has 9 nitrogen and oxygen atoms in total. The first-order valence-electron chi connectivity index (χ1n) is 3.26. The minimum atomic E-state index is -1.50. The molecule has 1 atom stereocenters. The number of hydrogen-bond donors (Lipinski definition) is 2. The molecule has 0 heterocycles. The maximum absolute atomic E-state index is 9.55. The second-order valence-corrected chi connectivity index (χ2v) is 1.93. The Morgan fingerprint density at radius 3 is 2.15 bits per heavy atom. The van der Waals surface area contributed by atoms with Gasteiger partial charge in [-0.3, -0.25) is 0 Å². The van der Waals surface area contributed by atoms with E-state index in [1.165, 1.54) is 0 Å². The summed E-state index contributed by atoms with van der Waals surface area (Å²) in [5.41, 5.74) is 5.29. The van der Waals surface area contributed by atoms with Gasteiger partial charge < -0.3 is 15.8 Å². The Balaban J connectivity index is 0. The molecule has 3 N–H and O–H groups in total. The van der Waals surface area contributed by atoms with E-state index in [0.717, 1.165) is 0 Å². The summed E-state index contributed by atoms with van der Waals surface area (Å²) in [5.74, 6) is 0. The van der Waals surface area contributed by atoms with Crippen molar-refractivity contribution in [1.82, 2.24) is 0 Å². The van der Waals surface area contributed by atoms with E-state index in [0.29, 0.717) is 6.42 Å². The molecule has 0 rings (SSSR count). The molecule has 0 spiro atoms. The molecule has 0 bridgehead atoms. The third-order valence-electron chi connectivity index (χ3n) is 0.918. The Bertz CT molecular complexity index is 158. The summed E-state index contributed by atoms with van der Waals surface area (Å²) in [6.45, 7) is 1.83. The first kappa shape index (κ1) is 13.9. The third kappa shape index (κ3) is 25.2. The predicted octanol–water partition coefficient (Wildman–Crippen LogP) is -0.416. The van der Waals surface area contributed by atoms with Gasteiger partial charge in [-0.2, -0.15) is 0 Å². The van der Waals surface area contributed by atoms with Crippen LogP contribution < -0.4 is 5.73 Å². The van der Waals surface area contributed by atoms with Crippen molar-refractivity contribution in [2.24, 2.45) is 5.73 Å². The van der Waals surface area contributed by atoms with Crippen LogP contribution in [0.1, 0.15) is 13.3 Å². The lowest BCUT2D eigenvalue weighted by atomic mass is 10.3. The lowest BCUT2D eigenvalue weighted by molar-refractivity contribution is -0.758. The Hall–Kier alpha value is -1.64. The number of nitrogens with zero attached hydrogens (tertiary/aromatic N) is 2. The maximum atomic E-state index is 9.55. The molecule has 0 aromatic heterocycles. The smallest absolute Gasteiger partial charge is 0.294 e. The standard InChI is InChI=1S/C4H10N2O3.HNO3/c1-2-4(5)3-9-6(7)8;2-1(3)4/h4H,2-3,5H2,1H3;(H,2,3,4)/t4-;/m1./s1. The summed E-state index contributed by atoms with van der Waals surface area (Å²) in [4.78, 5) is 21.9. The van der Waals surface area contributed by atoms with Crippen LogP contribution in [0.25, 0.3) is 0 Å². The highest BCUT2D eigenvalue weighted by Crippen LogP contribution is 1.86. The molecule has 0 unspecified atom stereocenters. The summed E-state index contributed by atoms with van der Waals surface area (Å²) >= 11 is 0. The van der Waals surface area contributed by atoms with E-state index >= 15 is 0 Å². The molecule has 0 aliphatic carbocycles. The molecule has 13 heavy (non-hydrogen) atoms. The fraction of sp³-hybridized carbons (Fsp3) is 1.00. The topological polar surface area (TPSA) is 142 Å². The molecular weight excluding hydrogens is 186 g/mol. The van der Waals surface area contributed by atoms with Crippen LogP contribution in [0.2, 0.25) is 0 Å². The van der Waals surface area contributed by atoms with Crippen molar-refractivity contribution >= 4 is 0 Å². The van der Waals surface area contributed by atoms with E-state index < -0.39 is 10.2 Å². The van der Waals surface area contributed by atoms with Gasteiger partial charge in [0.15, 0.2) is 0 Å². The summed E-state index contributed by atoms with van der Waals surface area (Å²) in [5, 5.41) is 22.3. The molecule has 78 valence electrons. The van der Waals surface area contributed by atoms with Crippen molar-refractivity contribution in [2.75, 3.05) is 6.61 Å². The Labute approximate surface area is 73.3 Å². The van der Waals surface area contributed by atoms with Crippen LogP contribution in [0, 0.1) is 20.2 Å². The Morgan fingerprint density at radius 1 is 1.54 bits per heavy atom. The van der Waals surface area contributed by atoms with Crippen molar-refractivity contribution in [2.45, 2.75) is 19.4 Å². The number of rotatable bonds is 4. The average Bonchev–Trinajstić information content (AvgIpc) is 1.99. The van der Waals surface area contributed by atoms with Gasteiger partial charge in [-0.15, -0.1) is 20.2 Å². The quantitative estimate of drug-likeness (QED) is 0.460. The van der Waals surface area contributed by atoms with Crippen molar-refractivity contribution in [3.05, 3.63) is 20.2 Å². The van der Waals surface area contributed by atoms with Gasteiger partial charge in [0.2, 0.25) is 0 Å². The predicted molar refractivity (Wildman–Crippen MR) is 40.0 cm³/mol. The van der Waals surface area contributed by atoms with Crippen LogP contribution in [0.15, 0.2) is 0 Å². The zero-order valence-corrected chi connectivity index (χ0v) is 6.95. The van der Waals surface area contributed by atoms with Gasteiger partial charge in [0.25, 0.3) is 10.2 Å². The monoisotopic (exact) mass is 197 g/mol. The SMILES string of the molecule is CC[C@@H](N)CO[N+](=O)[O-].O=[N+]([O-])O. The van der Waals surface area contributed by atoms with E-state index in [1.807, 2.05) is 6.92 Å². The van der Waals surface area contributed by atoms with E-state index in [4.69, 9.17) is 21.1 Å². The van der Waals surface area contributed by atoms with Crippen LogP contribution in [-0.2, 0) is 4.84 Å². The van der Waals surface area contributed by atoms with Crippen LogP contribution >= 0.6 is 0 Å². The van der Waals surface area contributed by atoms with Gasteiger partial charge in [0.1, 0.15) is 6.61 Å². The maximum Gasteiger partial charge on any atom is 0.294 e. The van der Waals surface area contributed by atoms with Crippen molar-refractivity contribution in [1.29, 1.82) is 0 Å². The van der Waals surface area contributed by atoms with E-state index in [-0.39, 0.29) is 12.6 Å². The van der Waals surface area contributed by atoms with Crippen LogP contribution in [0.5, 0.6) is 0 Å². The largest absolute Gasteiger partial charge is 0.328 e. The van der Waals surface area contributed by atoms with Crippen LogP contribution in [0.4, 0.5) is 0 Å². The average molecular weight is 197 g/mol. The number of hydrogen-bond acceptors (Lipinski definition) is 6. The second-order valence-electron chi connectivity index (χ2n) is 1.93. The lowest BCUT2D eigenvalue weighted by Crippen LogP contribution is -2.26. The lowest BCUT2D eigenvalue weighted by Gasteiger charge is -2.04. The molecule has 0 aliphatic rings. The van der Waals surface area contributed by atoms with Gasteiger partial charge in [-0.1, -0.05) is 6.92 Å². The minimum Gasteiger partial charge on any atom is -0.328 e. The molecule has 0 fully saturated rings. The van der Waals surface area contributed by atoms with Crippen LogP contribution in [-0.4, -0.2) is 28.0 Å². The summed E-state index contributed by atoms with van der Waals surface area (Å²) in [7, 11) is 0. The van der Waals surface area contributed by atoms with E-state index in [1.54, 1.807) is 0 Å². The Kier molecular flexibility index (Phi) is 9.05. The fourth-order valence-electron chi connectivity index (χ4n) is 0.274. The molecule has 0 radical (unpaired) electrons. The van der Waals surface area contributed by atoms with E-state index in [9.17, 15) is 10.1 Å². The molecule has 0 aliphatic heterocycles. The molecule has 0 aromatic rings. The highest BCUT2D eigenvalue weighted by Gasteiger charge is 2.00. The molecule has 0 saturated carbocycles. The van der Waals surface area contributed by atoms with E-state index in [2.05, 4.69) is 4.84 Å². The third-order valence-corrected chi connectivity index (χ3v) is 0.918. The molecule has 9 heteroatoms. The first-order chi connectivity index (χ1) is 5.90. The van der Waals surface area contributed by atoms with Crippen molar-refractivity contribution in [3.63, 3.8) is 0 Å². The van der Waals surface area contributed by atoms with Crippen LogP contribution in [0.3, 0.4) is 0 Å². The Morgan fingerprint density at radius 2 is 1.92 bits per heavy atom. The van der Waals surface area contributed by atoms with Gasteiger partial charge in [-0.05, 0) is 6.42 Å². The van der Waals surface area contributed by atoms with Gasteiger partial charge in [0, 0.05) is 6.04 Å². The van der Waals surface area contributed by atoms with Gasteiger partial charge in [-0.25, -0.2) is 0 Å². The summed E-state index contributed by atoms with van der Waals surface area (Å²) in [6, 6.07) is -0.226. The molecular formula is C4H11N3O6. The molecule has 0 saturated heterocycles. The zero-order chi connectivity index (χ0) is 10.9. The normalized spacial score (nSPS) is 10.6. The van der Waals surface area contributed by atoms with Crippen molar-refractivity contribution in [3.8, 4) is 0 Å². The molecule has 0 aromatic carbocycles. The summed E-state index contributed by atoms with van der Waals surface area (Å²) < 4.78 is 0. The molecule has 0 amide bonds. The first-order valence-corrected chi connectivity index (χ1v) is 3.26. The van der Waals surface area contributed by atoms with Gasteiger partial charge in [0.05, 0.1) is 0 Å². The zero-order valence-electron chi connectivity index (χ0n) is 6.95. The number of nitrogens with two attached hydrogens (primary N) is 1. The fourth-order valence-corrected chi connectivity index (χ4v) is 0.274. The second kappa shape index (κ2) is 8.46. The highest BCUT2D eigenvalue weighted by atomic mass is 16.9. The van der Waals surface area contributed by atoms with Gasteiger partial charge >= 0.3 is 0 Å². The summed E-state index contributed by atoms with van der Waals surface area (Å²) in [6.07, 6.45) is 0.688. The van der Waals surface area contributed by atoms with Crippen molar-refractivity contribution < 1.29 is 20.2 Å².